The molecule has 2 heterocycles. The van der Waals surface area contributed by atoms with Crippen molar-refractivity contribution in [2.75, 3.05) is 32.7 Å². The van der Waals surface area contributed by atoms with E-state index in [0.717, 1.165) is 24.3 Å². The summed E-state index contributed by atoms with van der Waals surface area (Å²) < 4.78 is 39.6. The van der Waals surface area contributed by atoms with Gasteiger partial charge >= 0.3 is 6.18 Å². The molecule has 1 aromatic carbocycles. The van der Waals surface area contributed by atoms with Crippen molar-refractivity contribution in [3.8, 4) is 11.3 Å². The number of alkyl halides is 3. The van der Waals surface area contributed by atoms with Gasteiger partial charge in [-0.1, -0.05) is 30.3 Å². The number of carbonyl (C=O) groups is 1. The maximum atomic E-state index is 12.9. The standard InChI is InChI=1S/C18H21F3N4O/c1-2-23-8-10-24(11-9-23)17(26)15-12-22-25(13-18(19,20)21)16(15)14-6-4-3-5-7-14/h3-7,12H,2,8-11,13H2,1H3/p+1. The molecule has 140 valence electrons. The van der Waals surface area contributed by atoms with Gasteiger partial charge in [-0.15, -0.1) is 0 Å². The number of likely N-dealkylation sites (N-methyl/N-ethyl adjacent to an activating group) is 1. The molecule has 0 spiro atoms. The van der Waals surface area contributed by atoms with Gasteiger partial charge < -0.3 is 9.80 Å². The summed E-state index contributed by atoms with van der Waals surface area (Å²) in [5.74, 6) is -0.257. The van der Waals surface area contributed by atoms with E-state index in [4.69, 9.17) is 0 Å². The first-order chi connectivity index (χ1) is 12.4. The molecule has 8 heteroatoms. The number of carbonyl (C=O) groups excluding carboxylic acids is 1. The molecule has 0 saturated carbocycles. The lowest BCUT2D eigenvalue weighted by atomic mass is 10.1. The topological polar surface area (TPSA) is 42.6 Å². The van der Waals surface area contributed by atoms with Gasteiger partial charge in [0.2, 0.25) is 0 Å². The molecule has 1 aliphatic heterocycles. The van der Waals surface area contributed by atoms with Crippen molar-refractivity contribution in [1.82, 2.24) is 14.7 Å². The molecule has 0 atom stereocenters. The Morgan fingerprint density at radius 2 is 1.85 bits per heavy atom. The molecule has 0 radical (unpaired) electrons. The Morgan fingerprint density at radius 1 is 1.19 bits per heavy atom. The fourth-order valence-electron chi connectivity index (χ4n) is 3.28. The quantitative estimate of drug-likeness (QED) is 0.890. The number of halogens is 3. The van der Waals surface area contributed by atoms with Crippen molar-refractivity contribution in [2.24, 2.45) is 0 Å². The van der Waals surface area contributed by atoms with Crippen LogP contribution in [-0.4, -0.2) is 59.5 Å². The summed E-state index contributed by atoms with van der Waals surface area (Å²) in [6.07, 6.45) is -3.15. The highest BCUT2D eigenvalue weighted by Crippen LogP contribution is 2.28. The van der Waals surface area contributed by atoms with Crippen LogP contribution < -0.4 is 4.90 Å². The van der Waals surface area contributed by atoms with Gasteiger partial charge in [0.15, 0.2) is 0 Å². The molecule has 0 unspecified atom stereocenters. The second-order valence-corrected chi connectivity index (χ2v) is 6.44. The third-order valence-electron chi connectivity index (χ3n) is 4.70. The SMILES string of the molecule is CC[NH+]1CCN(C(=O)c2cnn(CC(F)(F)F)c2-c2ccccc2)CC1. The van der Waals surface area contributed by atoms with Gasteiger partial charge in [0, 0.05) is 5.56 Å². The average Bonchev–Trinajstić information content (AvgIpc) is 3.03. The first-order valence-corrected chi connectivity index (χ1v) is 8.70. The lowest BCUT2D eigenvalue weighted by Gasteiger charge is -2.31. The molecule has 1 saturated heterocycles. The van der Waals surface area contributed by atoms with Gasteiger partial charge in [-0.2, -0.15) is 18.3 Å². The van der Waals surface area contributed by atoms with Gasteiger partial charge in [-0.25, -0.2) is 0 Å². The van der Waals surface area contributed by atoms with Gasteiger partial charge in [0.1, 0.15) is 6.54 Å². The van der Waals surface area contributed by atoms with Gasteiger partial charge in [0.25, 0.3) is 5.91 Å². The number of hydrogen-bond acceptors (Lipinski definition) is 2. The largest absolute Gasteiger partial charge is 0.408 e. The van der Waals surface area contributed by atoms with Gasteiger partial charge in [-0.3, -0.25) is 9.48 Å². The third-order valence-corrected chi connectivity index (χ3v) is 4.70. The number of benzene rings is 1. The number of piperazine rings is 1. The summed E-state index contributed by atoms with van der Waals surface area (Å²) >= 11 is 0. The molecule has 1 fully saturated rings. The van der Waals surface area contributed by atoms with Crippen LogP contribution in [0.4, 0.5) is 13.2 Å². The van der Waals surface area contributed by atoms with E-state index in [9.17, 15) is 18.0 Å². The Hall–Kier alpha value is -2.35. The van der Waals surface area contributed by atoms with E-state index >= 15 is 0 Å². The monoisotopic (exact) mass is 367 g/mol. The lowest BCUT2D eigenvalue weighted by Crippen LogP contribution is -3.14. The molecule has 1 N–H and O–H groups in total. The van der Waals surface area contributed by atoms with Crippen molar-refractivity contribution in [2.45, 2.75) is 19.6 Å². The number of nitrogens with zero attached hydrogens (tertiary/aromatic N) is 3. The fraction of sp³-hybridized carbons (Fsp3) is 0.444. The minimum absolute atomic E-state index is 0.221. The Kier molecular flexibility index (Phi) is 5.31. The summed E-state index contributed by atoms with van der Waals surface area (Å²) in [5, 5.41) is 3.87. The molecule has 1 amide bonds. The second kappa shape index (κ2) is 7.49. The minimum Gasteiger partial charge on any atom is -0.332 e. The van der Waals surface area contributed by atoms with Crippen LogP contribution in [0, 0.1) is 0 Å². The molecule has 0 bridgehead atoms. The van der Waals surface area contributed by atoms with Crippen LogP contribution in [0.3, 0.4) is 0 Å². The predicted octanol–water partition coefficient (Wildman–Crippen LogP) is 1.47. The Morgan fingerprint density at radius 3 is 2.42 bits per heavy atom. The van der Waals surface area contributed by atoms with E-state index in [-0.39, 0.29) is 17.2 Å². The van der Waals surface area contributed by atoms with Crippen molar-refractivity contribution in [3.63, 3.8) is 0 Å². The van der Waals surface area contributed by atoms with Crippen LogP contribution in [0.2, 0.25) is 0 Å². The third kappa shape index (κ3) is 4.07. The summed E-state index contributed by atoms with van der Waals surface area (Å²) in [4.78, 5) is 16.1. The molecular formula is C18H22F3N4O+. The van der Waals surface area contributed by atoms with Crippen molar-refractivity contribution in [1.29, 1.82) is 0 Å². The van der Waals surface area contributed by atoms with Crippen LogP contribution in [0.15, 0.2) is 36.5 Å². The summed E-state index contributed by atoms with van der Waals surface area (Å²) in [6, 6.07) is 8.64. The highest BCUT2D eigenvalue weighted by atomic mass is 19.4. The molecule has 0 aliphatic carbocycles. The highest BCUT2D eigenvalue weighted by molar-refractivity contribution is 6.00. The Labute approximate surface area is 150 Å². The molecule has 26 heavy (non-hydrogen) atoms. The summed E-state index contributed by atoms with van der Waals surface area (Å²) in [7, 11) is 0. The van der Waals surface area contributed by atoms with E-state index in [1.54, 1.807) is 35.2 Å². The van der Waals surface area contributed by atoms with Crippen LogP contribution in [-0.2, 0) is 6.54 Å². The zero-order chi connectivity index (χ0) is 18.7. The average molecular weight is 367 g/mol. The number of aromatic nitrogens is 2. The number of rotatable bonds is 4. The van der Waals surface area contributed by atoms with Crippen molar-refractivity contribution < 1.29 is 22.9 Å². The predicted molar refractivity (Wildman–Crippen MR) is 90.9 cm³/mol. The number of amides is 1. The number of hydrogen-bond donors (Lipinski definition) is 1. The zero-order valence-electron chi connectivity index (χ0n) is 14.6. The van der Waals surface area contributed by atoms with Crippen LogP contribution >= 0.6 is 0 Å². The molecule has 3 rings (SSSR count). The molecular weight excluding hydrogens is 345 g/mol. The summed E-state index contributed by atoms with van der Waals surface area (Å²) in [6.45, 7) is 4.77. The highest BCUT2D eigenvalue weighted by Gasteiger charge is 2.33. The smallest absolute Gasteiger partial charge is 0.332 e. The van der Waals surface area contributed by atoms with Crippen LogP contribution in [0.5, 0.6) is 0 Å². The summed E-state index contributed by atoms with van der Waals surface area (Å²) in [5.41, 5.74) is 0.994. The van der Waals surface area contributed by atoms with Crippen LogP contribution in [0.25, 0.3) is 11.3 Å². The van der Waals surface area contributed by atoms with E-state index < -0.39 is 12.7 Å². The maximum Gasteiger partial charge on any atom is 0.408 e. The lowest BCUT2D eigenvalue weighted by molar-refractivity contribution is -0.902. The zero-order valence-corrected chi connectivity index (χ0v) is 14.6. The second-order valence-electron chi connectivity index (χ2n) is 6.44. The number of nitrogens with one attached hydrogen (secondary N) is 1. The van der Waals surface area contributed by atoms with E-state index in [0.29, 0.717) is 18.7 Å². The first kappa shape index (κ1) is 18.4. The van der Waals surface area contributed by atoms with E-state index in [1.807, 2.05) is 0 Å². The molecule has 2 aromatic rings. The molecule has 5 nitrogen and oxygen atoms in total. The van der Waals surface area contributed by atoms with E-state index in [1.165, 1.54) is 11.1 Å². The van der Waals surface area contributed by atoms with Crippen LogP contribution in [0.1, 0.15) is 17.3 Å². The van der Waals surface area contributed by atoms with Crippen molar-refractivity contribution >= 4 is 5.91 Å². The van der Waals surface area contributed by atoms with Gasteiger partial charge in [0.05, 0.1) is 50.2 Å². The first-order valence-electron chi connectivity index (χ1n) is 8.70. The van der Waals surface area contributed by atoms with Crippen molar-refractivity contribution in [3.05, 3.63) is 42.1 Å². The van der Waals surface area contributed by atoms with Gasteiger partial charge in [-0.05, 0) is 6.92 Å². The molecule has 1 aliphatic rings. The Bertz CT molecular complexity index is 750. The Balaban J connectivity index is 1.93. The fourth-order valence-corrected chi connectivity index (χ4v) is 3.28. The maximum absolute atomic E-state index is 12.9. The minimum atomic E-state index is -4.41. The number of quaternary nitrogens is 1. The van der Waals surface area contributed by atoms with E-state index in [2.05, 4.69) is 12.0 Å². The molecule has 1 aromatic heterocycles. The normalized spacial score (nSPS) is 16.1.